The molecule has 3 heterocycles. The number of amides is 2. The first-order chi connectivity index (χ1) is 11.5. The Kier molecular flexibility index (Phi) is 4.98. The Morgan fingerprint density at radius 2 is 1.92 bits per heavy atom. The zero-order valence-electron chi connectivity index (χ0n) is 14.0. The molecule has 0 spiro atoms. The summed E-state index contributed by atoms with van der Waals surface area (Å²) >= 11 is 0. The summed E-state index contributed by atoms with van der Waals surface area (Å²) in [5, 5.41) is 6.71. The van der Waals surface area contributed by atoms with E-state index in [2.05, 4.69) is 20.1 Å². The lowest BCUT2D eigenvalue weighted by Gasteiger charge is -2.36. The summed E-state index contributed by atoms with van der Waals surface area (Å²) in [7, 11) is 0. The van der Waals surface area contributed by atoms with Crippen molar-refractivity contribution in [3.05, 3.63) is 6.33 Å². The van der Waals surface area contributed by atoms with Gasteiger partial charge in [-0.2, -0.15) is 10.1 Å². The number of piperazine rings is 1. The topological polar surface area (TPSA) is 111 Å². The Bertz CT molecular complexity index is 568. The third-order valence-corrected chi connectivity index (χ3v) is 4.87. The summed E-state index contributed by atoms with van der Waals surface area (Å²) in [5.74, 6) is 0.706. The van der Waals surface area contributed by atoms with E-state index < -0.39 is 0 Å². The summed E-state index contributed by atoms with van der Waals surface area (Å²) in [6.45, 7) is 5.32. The number of hydrogen-bond acceptors (Lipinski definition) is 6. The van der Waals surface area contributed by atoms with Crippen LogP contribution in [0.1, 0.15) is 19.8 Å². The quantitative estimate of drug-likeness (QED) is 0.720. The number of anilines is 1. The Morgan fingerprint density at radius 3 is 2.54 bits per heavy atom. The van der Waals surface area contributed by atoms with Crippen LogP contribution in [-0.2, 0) is 9.59 Å². The van der Waals surface area contributed by atoms with E-state index in [4.69, 9.17) is 5.73 Å². The van der Waals surface area contributed by atoms with Crippen molar-refractivity contribution in [1.82, 2.24) is 25.0 Å². The number of rotatable bonds is 2. The molecule has 2 atom stereocenters. The highest BCUT2D eigenvalue weighted by Gasteiger charge is 2.32. The molecule has 0 radical (unpaired) electrons. The van der Waals surface area contributed by atoms with Crippen molar-refractivity contribution in [2.45, 2.75) is 25.8 Å². The molecule has 0 aromatic carbocycles. The zero-order valence-corrected chi connectivity index (χ0v) is 14.0. The number of H-pyrrole nitrogens is 1. The van der Waals surface area contributed by atoms with Gasteiger partial charge in [0, 0.05) is 52.2 Å². The number of aromatic amines is 1. The SMILES string of the molecule is CC(=O)N1C[C@@H](N)CC[C@@H](C(=O)N2CCN(c3ncn[nH]3)CC2)C1. The van der Waals surface area contributed by atoms with Crippen LogP contribution in [0.3, 0.4) is 0 Å². The summed E-state index contributed by atoms with van der Waals surface area (Å²) in [5.41, 5.74) is 6.03. The lowest BCUT2D eigenvalue weighted by atomic mass is 10.00. The fourth-order valence-corrected chi connectivity index (χ4v) is 3.43. The molecule has 2 saturated heterocycles. The predicted molar refractivity (Wildman–Crippen MR) is 88.1 cm³/mol. The second-order valence-electron chi connectivity index (χ2n) is 6.58. The maximum absolute atomic E-state index is 12.9. The number of nitrogens with one attached hydrogen (secondary N) is 1. The Hall–Kier alpha value is -2.16. The molecule has 2 aliphatic rings. The van der Waals surface area contributed by atoms with E-state index in [1.165, 1.54) is 13.3 Å². The largest absolute Gasteiger partial charge is 0.341 e. The minimum atomic E-state index is -0.153. The van der Waals surface area contributed by atoms with Gasteiger partial charge in [0.25, 0.3) is 0 Å². The van der Waals surface area contributed by atoms with Crippen LogP contribution >= 0.6 is 0 Å². The average Bonchev–Trinajstić information content (AvgIpc) is 3.04. The summed E-state index contributed by atoms with van der Waals surface area (Å²) in [6, 6.07) is -0.0463. The number of nitrogens with zero attached hydrogens (tertiary/aromatic N) is 5. The van der Waals surface area contributed by atoms with Gasteiger partial charge in [-0.05, 0) is 12.8 Å². The molecule has 1 aromatic rings. The van der Waals surface area contributed by atoms with Gasteiger partial charge < -0.3 is 20.4 Å². The van der Waals surface area contributed by atoms with E-state index in [9.17, 15) is 9.59 Å². The third-order valence-electron chi connectivity index (χ3n) is 4.87. The van der Waals surface area contributed by atoms with Crippen molar-refractivity contribution >= 4 is 17.8 Å². The standard InChI is InChI=1S/C15H25N7O2/c1-11(23)22-8-12(2-3-13(16)9-22)14(24)20-4-6-21(7-5-20)15-17-10-18-19-15/h10,12-13H,2-9,16H2,1H3,(H,17,18,19)/t12-,13+/m1/s1. The van der Waals surface area contributed by atoms with Crippen LogP contribution in [0.15, 0.2) is 6.33 Å². The first kappa shape index (κ1) is 16.7. The van der Waals surface area contributed by atoms with Crippen molar-refractivity contribution in [3.8, 4) is 0 Å². The van der Waals surface area contributed by atoms with Crippen LogP contribution in [0, 0.1) is 5.92 Å². The Balaban J connectivity index is 1.59. The lowest BCUT2D eigenvalue weighted by Crippen LogP contribution is -2.52. The van der Waals surface area contributed by atoms with Crippen LogP contribution in [0.2, 0.25) is 0 Å². The zero-order chi connectivity index (χ0) is 17.1. The number of aromatic nitrogens is 3. The molecule has 2 fully saturated rings. The molecule has 24 heavy (non-hydrogen) atoms. The molecule has 9 heteroatoms. The van der Waals surface area contributed by atoms with E-state index in [1.807, 2.05) is 4.90 Å². The van der Waals surface area contributed by atoms with Crippen LogP contribution in [0.25, 0.3) is 0 Å². The van der Waals surface area contributed by atoms with Crippen LogP contribution < -0.4 is 10.6 Å². The van der Waals surface area contributed by atoms with E-state index in [0.29, 0.717) is 26.2 Å². The normalized spacial score (nSPS) is 25.5. The lowest BCUT2D eigenvalue weighted by molar-refractivity contribution is -0.138. The fraction of sp³-hybridized carbons (Fsp3) is 0.733. The summed E-state index contributed by atoms with van der Waals surface area (Å²) in [4.78, 5) is 34.4. The average molecular weight is 335 g/mol. The van der Waals surface area contributed by atoms with Crippen LogP contribution in [0.4, 0.5) is 5.95 Å². The Morgan fingerprint density at radius 1 is 1.17 bits per heavy atom. The molecule has 3 rings (SSSR count). The number of likely N-dealkylation sites (tertiary alicyclic amines) is 1. The molecule has 3 N–H and O–H groups in total. The van der Waals surface area contributed by atoms with E-state index in [-0.39, 0.29) is 23.8 Å². The van der Waals surface area contributed by atoms with Gasteiger partial charge in [-0.25, -0.2) is 5.10 Å². The van der Waals surface area contributed by atoms with Gasteiger partial charge in [-0.15, -0.1) is 0 Å². The molecule has 9 nitrogen and oxygen atoms in total. The van der Waals surface area contributed by atoms with E-state index >= 15 is 0 Å². The van der Waals surface area contributed by atoms with Gasteiger partial charge in [-0.1, -0.05) is 0 Å². The first-order valence-electron chi connectivity index (χ1n) is 8.45. The highest BCUT2D eigenvalue weighted by Crippen LogP contribution is 2.20. The van der Waals surface area contributed by atoms with Crippen molar-refractivity contribution in [2.75, 3.05) is 44.2 Å². The highest BCUT2D eigenvalue weighted by atomic mass is 16.2. The molecule has 0 aliphatic carbocycles. The van der Waals surface area contributed by atoms with E-state index in [0.717, 1.165) is 31.9 Å². The number of carbonyl (C=O) groups excluding carboxylic acids is 2. The molecule has 1 aromatic heterocycles. The molecular formula is C15H25N7O2. The van der Waals surface area contributed by atoms with Crippen molar-refractivity contribution in [1.29, 1.82) is 0 Å². The molecule has 2 amide bonds. The third kappa shape index (κ3) is 3.66. The van der Waals surface area contributed by atoms with Gasteiger partial charge in [0.05, 0.1) is 5.92 Å². The maximum atomic E-state index is 12.9. The van der Waals surface area contributed by atoms with Crippen LogP contribution in [0.5, 0.6) is 0 Å². The van der Waals surface area contributed by atoms with Gasteiger partial charge in [-0.3, -0.25) is 9.59 Å². The molecule has 0 saturated carbocycles. The number of nitrogens with two attached hydrogens (primary N) is 1. The second-order valence-corrected chi connectivity index (χ2v) is 6.58. The monoisotopic (exact) mass is 335 g/mol. The van der Waals surface area contributed by atoms with Crippen LogP contribution in [-0.4, -0.2) is 82.1 Å². The molecular weight excluding hydrogens is 310 g/mol. The number of carbonyl (C=O) groups is 2. The van der Waals surface area contributed by atoms with Gasteiger partial charge >= 0.3 is 0 Å². The maximum Gasteiger partial charge on any atom is 0.227 e. The van der Waals surface area contributed by atoms with E-state index in [1.54, 1.807) is 4.90 Å². The molecule has 0 unspecified atom stereocenters. The smallest absolute Gasteiger partial charge is 0.227 e. The fourth-order valence-electron chi connectivity index (χ4n) is 3.43. The number of hydrogen-bond donors (Lipinski definition) is 2. The highest BCUT2D eigenvalue weighted by molar-refractivity contribution is 5.81. The predicted octanol–water partition coefficient (Wildman–Crippen LogP) is -0.961. The van der Waals surface area contributed by atoms with Crippen molar-refractivity contribution in [2.24, 2.45) is 11.7 Å². The second kappa shape index (κ2) is 7.16. The molecule has 132 valence electrons. The van der Waals surface area contributed by atoms with Crippen molar-refractivity contribution in [3.63, 3.8) is 0 Å². The molecule has 2 aliphatic heterocycles. The van der Waals surface area contributed by atoms with Gasteiger partial charge in [0.15, 0.2) is 0 Å². The first-order valence-corrected chi connectivity index (χ1v) is 8.45. The van der Waals surface area contributed by atoms with Crippen molar-refractivity contribution < 1.29 is 9.59 Å². The minimum absolute atomic E-state index is 0.0136. The minimum Gasteiger partial charge on any atom is -0.341 e. The summed E-state index contributed by atoms with van der Waals surface area (Å²) in [6.07, 6.45) is 3.00. The summed E-state index contributed by atoms with van der Waals surface area (Å²) < 4.78 is 0. The van der Waals surface area contributed by atoms with Gasteiger partial charge in [0.1, 0.15) is 6.33 Å². The Labute approximate surface area is 141 Å². The molecule has 0 bridgehead atoms. The van der Waals surface area contributed by atoms with Gasteiger partial charge in [0.2, 0.25) is 17.8 Å².